The van der Waals surface area contributed by atoms with Crippen LogP contribution in [0.3, 0.4) is 0 Å². The number of hydrogen-bond donors (Lipinski definition) is 1. The molecule has 0 radical (unpaired) electrons. The first-order valence-corrected chi connectivity index (χ1v) is 7.44. The Bertz CT molecular complexity index is 735. The Morgan fingerprint density at radius 3 is 2.40 bits per heavy atom. The van der Waals surface area contributed by atoms with Crippen molar-refractivity contribution in [3.05, 3.63) is 64.7 Å². The van der Waals surface area contributed by atoms with Crippen LogP contribution in [0.2, 0.25) is 5.02 Å². The lowest BCUT2D eigenvalue weighted by Crippen LogP contribution is -2.23. The average Bonchev–Trinajstić information content (AvgIpc) is 2.41. The summed E-state index contributed by atoms with van der Waals surface area (Å²) >= 11 is 5.90. The van der Waals surface area contributed by atoms with Crippen LogP contribution in [0.1, 0.15) is 5.56 Å². The maximum Gasteiger partial charge on any atom is 0.240 e. The summed E-state index contributed by atoms with van der Waals surface area (Å²) in [7, 11) is -3.93. The molecule has 0 saturated heterocycles. The minimum atomic E-state index is -3.93. The Morgan fingerprint density at radius 1 is 1.05 bits per heavy atom. The van der Waals surface area contributed by atoms with Crippen LogP contribution < -0.4 is 4.72 Å². The Hall–Kier alpha value is -1.50. The molecule has 2 rings (SSSR count). The highest BCUT2D eigenvalue weighted by atomic mass is 35.5. The van der Waals surface area contributed by atoms with Crippen LogP contribution in [0, 0.1) is 11.6 Å². The van der Waals surface area contributed by atoms with E-state index in [1.54, 1.807) is 24.3 Å². The summed E-state index contributed by atoms with van der Waals surface area (Å²) in [5.41, 5.74) is 0.584. The van der Waals surface area contributed by atoms with Gasteiger partial charge in [-0.25, -0.2) is 21.9 Å². The third-order valence-corrected chi connectivity index (χ3v) is 4.38. The van der Waals surface area contributed by atoms with Crippen molar-refractivity contribution in [3.8, 4) is 0 Å². The van der Waals surface area contributed by atoms with Gasteiger partial charge in [-0.2, -0.15) is 0 Å². The van der Waals surface area contributed by atoms with Crippen molar-refractivity contribution in [2.24, 2.45) is 0 Å². The molecule has 0 aliphatic rings. The monoisotopic (exact) mass is 317 g/mol. The van der Waals surface area contributed by atoms with Gasteiger partial charge in [-0.3, -0.25) is 0 Å². The molecule has 0 unspecified atom stereocenters. The van der Waals surface area contributed by atoms with Crippen molar-refractivity contribution in [2.45, 2.75) is 11.4 Å². The minimum Gasteiger partial charge on any atom is -0.207 e. The molecular formula is C13H10ClF2NO2S. The molecule has 0 atom stereocenters. The number of sulfonamides is 1. The Balaban J connectivity index is 2.19. The second-order valence-electron chi connectivity index (χ2n) is 3.99. The van der Waals surface area contributed by atoms with Gasteiger partial charge < -0.3 is 0 Å². The van der Waals surface area contributed by atoms with Gasteiger partial charge in [0.05, 0.1) is 4.90 Å². The van der Waals surface area contributed by atoms with Crippen molar-refractivity contribution < 1.29 is 17.2 Å². The summed E-state index contributed by atoms with van der Waals surface area (Å²) in [6.45, 7) is -0.0407. The Labute approximate surface area is 120 Å². The van der Waals surface area contributed by atoms with Crippen LogP contribution in [0.25, 0.3) is 0 Å². The molecule has 106 valence electrons. The van der Waals surface area contributed by atoms with E-state index >= 15 is 0 Å². The Kier molecular flexibility index (Phi) is 4.37. The molecule has 0 aliphatic heterocycles. The van der Waals surface area contributed by atoms with Gasteiger partial charge in [0.2, 0.25) is 10.0 Å². The predicted octanol–water partition coefficient (Wildman–Crippen LogP) is 3.10. The molecule has 0 amide bonds. The molecule has 0 bridgehead atoms. The molecule has 0 heterocycles. The third-order valence-electron chi connectivity index (χ3n) is 2.61. The predicted molar refractivity (Wildman–Crippen MR) is 71.8 cm³/mol. The fraction of sp³-hybridized carbons (Fsp3) is 0.0769. The van der Waals surface area contributed by atoms with E-state index in [-0.39, 0.29) is 11.4 Å². The topological polar surface area (TPSA) is 46.2 Å². The molecule has 0 saturated carbocycles. The van der Waals surface area contributed by atoms with E-state index in [1.165, 1.54) is 0 Å². The molecule has 0 fully saturated rings. The van der Waals surface area contributed by atoms with E-state index in [2.05, 4.69) is 4.72 Å². The molecule has 2 aromatic carbocycles. The zero-order chi connectivity index (χ0) is 14.8. The van der Waals surface area contributed by atoms with Crippen LogP contribution in [0.4, 0.5) is 8.78 Å². The molecule has 0 aliphatic carbocycles. The van der Waals surface area contributed by atoms with E-state index in [1.807, 2.05) is 0 Å². The van der Waals surface area contributed by atoms with E-state index in [0.29, 0.717) is 16.7 Å². The fourth-order valence-electron chi connectivity index (χ4n) is 1.54. The maximum atomic E-state index is 13.0. The van der Waals surface area contributed by atoms with Crippen LogP contribution in [0.15, 0.2) is 47.4 Å². The molecule has 20 heavy (non-hydrogen) atoms. The number of rotatable bonds is 4. The van der Waals surface area contributed by atoms with Crippen molar-refractivity contribution in [1.82, 2.24) is 4.72 Å². The van der Waals surface area contributed by atoms with Crippen molar-refractivity contribution in [1.29, 1.82) is 0 Å². The van der Waals surface area contributed by atoms with Gasteiger partial charge in [0.1, 0.15) is 0 Å². The standard InChI is InChI=1S/C13H10ClF2NO2S/c14-11-4-2-1-3-9(11)8-17-20(18,19)10-5-6-12(15)13(16)7-10/h1-7,17H,8H2. The average molecular weight is 318 g/mol. The van der Waals surface area contributed by atoms with Crippen LogP contribution in [0.5, 0.6) is 0 Å². The highest BCUT2D eigenvalue weighted by molar-refractivity contribution is 7.89. The lowest BCUT2D eigenvalue weighted by atomic mass is 10.2. The summed E-state index contributed by atoms with van der Waals surface area (Å²) in [5, 5.41) is 0.417. The SMILES string of the molecule is O=S(=O)(NCc1ccccc1Cl)c1ccc(F)c(F)c1. The molecule has 0 spiro atoms. The van der Waals surface area contributed by atoms with Crippen molar-refractivity contribution in [2.75, 3.05) is 0 Å². The Morgan fingerprint density at radius 2 is 1.75 bits per heavy atom. The summed E-state index contributed by atoms with van der Waals surface area (Å²) in [6.07, 6.45) is 0. The normalized spacial score (nSPS) is 11.6. The highest BCUT2D eigenvalue weighted by Gasteiger charge is 2.16. The summed E-state index contributed by atoms with van der Waals surface area (Å²) < 4.78 is 52.0. The number of hydrogen-bond acceptors (Lipinski definition) is 2. The zero-order valence-corrected chi connectivity index (χ0v) is 11.7. The van der Waals surface area contributed by atoms with Gasteiger partial charge in [-0.15, -0.1) is 0 Å². The molecular weight excluding hydrogens is 308 g/mol. The quantitative estimate of drug-likeness (QED) is 0.942. The highest BCUT2D eigenvalue weighted by Crippen LogP contribution is 2.17. The van der Waals surface area contributed by atoms with Crippen LogP contribution in [-0.4, -0.2) is 8.42 Å². The number of nitrogens with one attached hydrogen (secondary N) is 1. The van der Waals surface area contributed by atoms with E-state index in [4.69, 9.17) is 11.6 Å². The smallest absolute Gasteiger partial charge is 0.207 e. The van der Waals surface area contributed by atoms with Gasteiger partial charge in [0, 0.05) is 11.6 Å². The fourth-order valence-corrected chi connectivity index (χ4v) is 2.76. The molecule has 2 aromatic rings. The van der Waals surface area contributed by atoms with Gasteiger partial charge in [0.25, 0.3) is 0 Å². The number of benzene rings is 2. The second-order valence-corrected chi connectivity index (χ2v) is 6.17. The lowest BCUT2D eigenvalue weighted by Gasteiger charge is -2.08. The first-order valence-electron chi connectivity index (χ1n) is 5.58. The third kappa shape index (κ3) is 3.33. The number of halogens is 3. The summed E-state index contributed by atoms with van der Waals surface area (Å²) in [4.78, 5) is -0.344. The molecule has 7 heteroatoms. The first kappa shape index (κ1) is 14.9. The van der Waals surface area contributed by atoms with Gasteiger partial charge in [-0.1, -0.05) is 29.8 Å². The largest absolute Gasteiger partial charge is 0.240 e. The van der Waals surface area contributed by atoms with E-state index in [9.17, 15) is 17.2 Å². The summed E-state index contributed by atoms with van der Waals surface area (Å²) in [5.74, 6) is -2.32. The lowest BCUT2D eigenvalue weighted by molar-refractivity contribution is 0.504. The minimum absolute atomic E-state index is 0.0407. The summed E-state index contributed by atoms with van der Waals surface area (Å²) in [6, 6.07) is 9.11. The van der Waals surface area contributed by atoms with Crippen molar-refractivity contribution in [3.63, 3.8) is 0 Å². The van der Waals surface area contributed by atoms with Crippen LogP contribution in [-0.2, 0) is 16.6 Å². The molecule has 1 N–H and O–H groups in total. The van der Waals surface area contributed by atoms with Crippen LogP contribution >= 0.6 is 11.6 Å². The van der Waals surface area contributed by atoms with Gasteiger partial charge >= 0.3 is 0 Å². The molecule has 3 nitrogen and oxygen atoms in total. The van der Waals surface area contributed by atoms with Gasteiger partial charge in [-0.05, 0) is 29.8 Å². The van der Waals surface area contributed by atoms with Gasteiger partial charge in [0.15, 0.2) is 11.6 Å². The maximum absolute atomic E-state index is 13.0. The second kappa shape index (κ2) is 5.87. The van der Waals surface area contributed by atoms with E-state index < -0.39 is 21.7 Å². The zero-order valence-electron chi connectivity index (χ0n) is 10.1. The molecule has 0 aromatic heterocycles. The van der Waals surface area contributed by atoms with Crippen molar-refractivity contribution >= 4 is 21.6 Å². The first-order chi connectivity index (χ1) is 9.40. The van der Waals surface area contributed by atoms with E-state index in [0.717, 1.165) is 12.1 Å².